The molecular weight excluding hydrogens is 363 g/mol. The van der Waals surface area contributed by atoms with E-state index in [1.807, 2.05) is 0 Å². The van der Waals surface area contributed by atoms with Gasteiger partial charge in [-0.2, -0.15) is 0 Å². The normalized spacial score (nSPS) is 12.8. The number of aliphatic carboxylic acids is 1. The standard InChI is InChI=1S/C14H26N2O5S2.Na/c1-2-3-4-5-6-7-12(17)21-14(20)11(16)9-23-22-8-10(15)13(18)19;/h10-11H,2-9,15-16H2,1H3,(H,18,19);/q;+1/p-1/t10-,11-;/m0./s1. The molecule has 0 radical (unpaired) electrons. The quantitative estimate of drug-likeness (QED) is 0.113. The second kappa shape index (κ2) is 16.7. The predicted molar refractivity (Wildman–Crippen MR) is 90.3 cm³/mol. The maximum absolute atomic E-state index is 11.6. The van der Waals surface area contributed by atoms with Gasteiger partial charge in [0.25, 0.3) is 0 Å². The smallest absolute Gasteiger partial charge is 0.548 e. The first kappa shape index (κ1) is 26.5. The molecule has 24 heavy (non-hydrogen) atoms. The minimum Gasteiger partial charge on any atom is -0.548 e. The molecule has 2 atom stereocenters. The largest absolute Gasteiger partial charge is 1.00 e. The minimum atomic E-state index is -1.33. The molecule has 0 heterocycles. The van der Waals surface area contributed by atoms with Gasteiger partial charge in [-0.05, 0) is 6.42 Å². The van der Waals surface area contributed by atoms with Crippen molar-refractivity contribution in [1.82, 2.24) is 0 Å². The molecule has 10 heteroatoms. The Bertz CT molecular complexity index is 388. The third-order valence-corrected chi connectivity index (χ3v) is 5.36. The summed E-state index contributed by atoms with van der Waals surface area (Å²) in [5.74, 6) is -2.30. The van der Waals surface area contributed by atoms with Gasteiger partial charge < -0.3 is 26.1 Å². The van der Waals surface area contributed by atoms with E-state index in [0.717, 1.165) is 25.7 Å². The van der Waals surface area contributed by atoms with E-state index in [2.05, 4.69) is 11.7 Å². The SMILES string of the molecule is CCCCCCCC(=O)OC(=O)[C@@H](N)CSSC[C@H](N)C(=O)[O-].[Na+]. The molecule has 0 spiro atoms. The Labute approximate surface area is 173 Å². The average molecular weight is 388 g/mol. The Balaban J connectivity index is 0. The first-order valence-electron chi connectivity index (χ1n) is 7.59. The first-order chi connectivity index (χ1) is 10.9. The number of carbonyl (C=O) groups is 3. The van der Waals surface area contributed by atoms with Crippen molar-refractivity contribution in [1.29, 1.82) is 0 Å². The van der Waals surface area contributed by atoms with Crippen LogP contribution in [0.2, 0.25) is 0 Å². The molecule has 0 aromatic carbocycles. The molecule has 0 amide bonds. The van der Waals surface area contributed by atoms with Crippen molar-refractivity contribution in [2.75, 3.05) is 11.5 Å². The summed E-state index contributed by atoms with van der Waals surface area (Å²) >= 11 is 0. The van der Waals surface area contributed by atoms with E-state index in [4.69, 9.17) is 11.5 Å². The van der Waals surface area contributed by atoms with E-state index in [1.165, 1.54) is 21.6 Å². The van der Waals surface area contributed by atoms with E-state index in [0.29, 0.717) is 6.42 Å². The third-order valence-electron chi connectivity index (χ3n) is 2.88. The van der Waals surface area contributed by atoms with Crippen LogP contribution in [0.3, 0.4) is 0 Å². The maximum Gasteiger partial charge on any atom is 1.00 e. The summed E-state index contributed by atoms with van der Waals surface area (Å²) in [5.41, 5.74) is 10.9. The van der Waals surface area contributed by atoms with Gasteiger partial charge in [0.05, 0.1) is 12.0 Å². The van der Waals surface area contributed by atoms with Crippen LogP contribution in [0.5, 0.6) is 0 Å². The monoisotopic (exact) mass is 388 g/mol. The number of carboxylic acid groups (broad SMARTS) is 1. The number of hydrogen-bond donors (Lipinski definition) is 2. The molecule has 0 aromatic rings. The van der Waals surface area contributed by atoms with Crippen LogP contribution in [0, 0.1) is 0 Å². The molecule has 0 aliphatic carbocycles. The van der Waals surface area contributed by atoms with Gasteiger partial charge in [0.15, 0.2) is 0 Å². The summed E-state index contributed by atoms with van der Waals surface area (Å²) in [6.45, 7) is 2.11. The maximum atomic E-state index is 11.6. The average Bonchev–Trinajstić information content (AvgIpc) is 2.50. The van der Waals surface area contributed by atoms with Crippen molar-refractivity contribution in [3.05, 3.63) is 0 Å². The number of carbonyl (C=O) groups excluding carboxylic acids is 3. The van der Waals surface area contributed by atoms with Crippen molar-refractivity contribution in [3.63, 3.8) is 0 Å². The summed E-state index contributed by atoms with van der Waals surface area (Å²) < 4.78 is 4.68. The Hall–Kier alpha value is 0.230. The number of ether oxygens (including phenoxy) is 1. The number of rotatable bonds is 13. The van der Waals surface area contributed by atoms with Crippen LogP contribution in [0.1, 0.15) is 45.4 Å². The van der Waals surface area contributed by atoms with Crippen molar-refractivity contribution >= 4 is 39.5 Å². The number of hydrogen-bond acceptors (Lipinski definition) is 9. The van der Waals surface area contributed by atoms with Gasteiger partial charge >= 0.3 is 41.5 Å². The molecule has 4 N–H and O–H groups in total. The molecule has 0 aliphatic heterocycles. The van der Waals surface area contributed by atoms with Crippen LogP contribution in [0.4, 0.5) is 0 Å². The first-order valence-corrected chi connectivity index (χ1v) is 10.1. The third kappa shape index (κ3) is 14.6. The minimum absolute atomic E-state index is 0. The summed E-state index contributed by atoms with van der Waals surface area (Å²) in [7, 11) is 2.37. The van der Waals surface area contributed by atoms with Crippen LogP contribution >= 0.6 is 21.6 Å². The molecule has 0 rings (SSSR count). The molecule has 0 saturated carbocycles. The van der Waals surface area contributed by atoms with Gasteiger partial charge in [-0.15, -0.1) is 0 Å². The van der Waals surface area contributed by atoms with Gasteiger partial charge in [0, 0.05) is 17.9 Å². The molecule has 0 fully saturated rings. The van der Waals surface area contributed by atoms with E-state index >= 15 is 0 Å². The van der Waals surface area contributed by atoms with E-state index < -0.39 is 30.0 Å². The Morgan fingerprint density at radius 2 is 1.54 bits per heavy atom. The molecule has 7 nitrogen and oxygen atoms in total. The zero-order valence-electron chi connectivity index (χ0n) is 14.3. The molecule has 0 aromatic heterocycles. The zero-order chi connectivity index (χ0) is 17.7. The van der Waals surface area contributed by atoms with Gasteiger partial charge in [0.1, 0.15) is 6.04 Å². The van der Waals surface area contributed by atoms with Gasteiger partial charge in [-0.25, -0.2) is 4.79 Å². The van der Waals surface area contributed by atoms with Crippen molar-refractivity contribution in [2.45, 2.75) is 57.5 Å². The zero-order valence-corrected chi connectivity index (χ0v) is 18.0. The van der Waals surface area contributed by atoms with Crippen LogP contribution in [-0.2, 0) is 19.1 Å². The van der Waals surface area contributed by atoms with Crippen molar-refractivity contribution < 1.29 is 53.8 Å². The topological polar surface area (TPSA) is 136 Å². The van der Waals surface area contributed by atoms with Crippen LogP contribution in [-0.4, -0.2) is 41.5 Å². The molecular formula is C14H25N2NaO5S2. The van der Waals surface area contributed by atoms with Crippen LogP contribution in [0.25, 0.3) is 0 Å². The summed E-state index contributed by atoms with van der Waals surface area (Å²) in [5, 5.41) is 10.4. The van der Waals surface area contributed by atoms with E-state index in [1.54, 1.807) is 0 Å². The van der Waals surface area contributed by atoms with Gasteiger partial charge in [0.2, 0.25) is 0 Å². The Morgan fingerprint density at radius 1 is 1.00 bits per heavy atom. The summed E-state index contributed by atoms with van der Waals surface area (Å²) in [4.78, 5) is 33.5. The molecule has 0 bridgehead atoms. The second-order valence-electron chi connectivity index (χ2n) is 5.06. The summed E-state index contributed by atoms with van der Waals surface area (Å²) in [6, 6.07) is -2.00. The number of esters is 2. The molecule has 134 valence electrons. The molecule has 0 aliphatic rings. The van der Waals surface area contributed by atoms with Gasteiger partial charge in [-0.3, -0.25) is 4.79 Å². The fourth-order valence-electron chi connectivity index (χ4n) is 1.49. The Morgan fingerprint density at radius 3 is 2.08 bits per heavy atom. The number of carboxylic acids is 1. The second-order valence-corrected chi connectivity index (χ2v) is 7.61. The number of unbranched alkanes of at least 4 members (excludes halogenated alkanes) is 4. The summed E-state index contributed by atoms with van der Waals surface area (Å²) in [6.07, 6.45) is 5.18. The Kier molecular flexibility index (Phi) is 18.4. The molecule has 0 unspecified atom stereocenters. The molecule has 0 saturated heterocycles. The van der Waals surface area contributed by atoms with Crippen molar-refractivity contribution in [2.24, 2.45) is 11.5 Å². The van der Waals surface area contributed by atoms with Crippen molar-refractivity contribution in [3.8, 4) is 0 Å². The van der Waals surface area contributed by atoms with E-state index in [9.17, 15) is 19.5 Å². The van der Waals surface area contributed by atoms with Crippen LogP contribution in [0.15, 0.2) is 0 Å². The van der Waals surface area contributed by atoms with E-state index in [-0.39, 0.29) is 47.5 Å². The predicted octanol–water partition coefficient (Wildman–Crippen LogP) is -2.79. The van der Waals surface area contributed by atoms with Gasteiger partial charge in [-0.1, -0.05) is 54.2 Å². The van der Waals surface area contributed by atoms with Crippen LogP contribution < -0.4 is 46.1 Å². The fraction of sp³-hybridized carbons (Fsp3) is 0.786. The number of nitrogens with two attached hydrogens (primary N) is 2. The fourth-order valence-corrected chi connectivity index (χ4v) is 3.71.